The van der Waals surface area contributed by atoms with Gasteiger partial charge in [-0.3, -0.25) is 0 Å². The molecule has 1 fully saturated rings. The standard InChI is InChI=1S/C22H24N4O2/c1-15-6-3-4-9-19(15)17-7-5-8-18(14-17)23-22(27)26(2)13-12-20-24-21(28-25-20)16-10-11-16/h3-9,14,16H,10-13H2,1-2H3,(H,23,27). The predicted octanol–water partition coefficient (Wildman–Crippen LogP) is 4.63. The number of carbonyl (C=O) groups excluding carboxylic acids is 1. The zero-order valence-corrected chi connectivity index (χ0v) is 16.2. The van der Waals surface area contributed by atoms with E-state index in [-0.39, 0.29) is 6.03 Å². The molecule has 1 aliphatic rings. The molecular weight excluding hydrogens is 352 g/mol. The summed E-state index contributed by atoms with van der Waals surface area (Å²) in [4.78, 5) is 18.6. The third-order valence-electron chi connectivity index (χ3n) is 5.00. The lowest BCUT2D eigenvalue weighted by atomic mass is 10.0. The number of benzene rings is 2. The Balaban J connectivity index is 1.36. The molecule has 1 saturated carbocycles. The van der Waals surface area contributed by atoms with Gasteiger partial charge in [0.15, 0.2) is 5.82 Å². The Morgan fingerprint density at radius 2 is 2.04 bits per heavy atom. The van der Waals surface area contributed by atoms with Crippen molar-refractivity contribution in [3.8, 4) is 11.1 Å². The molecule has 3 aromatic rings. The van der Waals surface area contributed by atoms with Crippen LogP contribution in [0, 0.1) is 6.92 Å². The average molecular weight is 376 g/mol. The van der Waals surface area contributed by atoms with Gasteiger partial charge in [-0.05, 0) is 48.6 Å². The Morgan fingerprint density at radius 3 is 2.82 bits per heavy atom. The van der Waals surface area contributed by atoms with E-state index in [9.17, 15) is 4.79 Å². The summed E-state index contributed by atoms with van der Waals surface area (Å²) in [6.45, 7) is 2.61. The van der Waals surface area contributed by atoms with Crippen molar-refractivity contribution in [1.82, 2.24) is 15.0 Å². The van der Waals surface area contributed by atoms with Crippen molar-refractivity contribution in [1.29, 1.82) is 0 Å². The molecule has 1 heterocycles. The summed E-state index contributed by atoms with van der Waals surface area (Å²) in [5.74, 6) is 1.83. The van der Waals surface area contributed by atoms with Gasteiger partial charge in [0, 0.05) is 31.6 Å². The van der Waals surface area contributed by atoms with Crippen molar-refractivity contribution in [3.05, 3.63) is 65.8 Å². The first-order chi connectivity index (χ1) is 13.6. The van der Waals surface area contributed by atoms with E-state index in [1.165, 1.54) is 5.56 Å². The number of nitrogens with one attached hydrogen (secondary N) is 1. The molecule has 0 radical (unpaired) electrons. The van der Waals surface area contributed by atoms with Gasteiger partial charge >= 0.3 is 6.03 Å². The summed E-state index contributed by atoms with van der Waals surface area (Å²) < 4.78 is 5.26. The number of anilines is 1. The van der Waals surface area contributed by atoms with Crippen LogP contribution in [0.3, 0.4) is 0 Å². The van der Waals surface area contributed by atoms with E-state index < -0.39 is 0 Å². The molecule has 0 bridgehead atoms. The quantitative estimate of drug-likeness (QED) is 0.681. The summed E-state index contributed by atoms with van der Waals surface area (Å²) in [6.07, 6.45) is 2.83. The van der Waals surface area contributed by atoms with Crippen molar-refractivity contribution in [3.63, 3.8) is 0 Å². The smallest absolute Gasteiger partial charge is 0.321 e. The van der Waals surface area contributed by atoms with Gasteiger partial charge < -0.3 is 14.7 Å². The van der Waals surface area contributed by atoms with E-state index in [1.807, 2.05) is 30.3 Å². The maximum absolute atomic E-state index is 12.5. The first-order valence-electron chi connectivity index (χ1n) is 9.61. The minimum absolute atomic E-state index is 0.159. The zero-order chi connectivity index (χ0) is 19.5. The number of carbonyl (C=O) groups is 1. The maximum atomic E-state index is 12.5. The number of hydrogen-bond donors (Lipinski definition) is 1. The monoisotopic (exact) mass is 376 g/mol. The molecule has 1 N–H and O–H groups in total. The number of likely N-dealkylation sites (N-methyl/N-ethyl adjacent to an activating group) is 1. The second-order valence-electron chi connectivity index (χ2n) is 7.32. The first-order valence-corrected chi connectivity index (χ1v) is 9.61. The minimum Gasteiger partial charge on any atom is -0.339 e. The minimum atomic E-state index is -0.159. The number of rotatable bonds is 6. The summed E-state index contributed by atoms with van der Waals surface area (Å²) in [7, 11) is 1.77. The van der Waals surface area contributed by atoms with E-state index >= 15 is 0 Å². The van der Waals surface area contributed by atoms with Crippen molar-refractivity contribution in [2.75, 3.05) is 18.9 Å². The van der Waals surface area contributed by atoms with E-state index in [4.69, 9.17) is 4.52 Å². The Labute approximate surface area is 164 Å². The fourth-order valence-electron chi connectivity index (χ4n) is 3.11. The topological polar surface area (TPSA) is 71.3 Å². The molecule has 0 aliphatic heterocycles. The number of hydrogen-bond acceptors (Lipinski definition) is 4. The van der Waals surface area contributed by atoms with Crippen LogP contribution in [0.4, 0.5) is 10.5 Å². The molecule has 0 spiro atoms. The molecule has 0 unspecified atom stereocenters. The number of urea groups is 1. The van der Waals surface area contributed by atoms with E-state index in [0.717, 1.165) is 35.5 Å². The molecule has 28 heavy (non-hydrogen) atoms. The van der Waals surface area contributed by atoms with Crippen molar-refractivity contribution < 1.29 is 9.32 Å². The summed E-state index contributed by atoms with van der Waals surface area (Å²) >= 11 is 0. The second-order valence-corrected chi connectivity index (χ2v) is 7.32. The Kier molecular flexibility index (Phi) is 5.10. The van der Waals surface area contributed by atoms with Crippen molar-refractivity contribution in [2.24, 2.45) is 0 Å². The lowest BCUT2D eigenvalue weighted by molar-refractivity contribution is 0.222. The maximum Gasteiger partial charge on any atom is 0.321 e. The first kappa shape index (κ1) is 18.2. The van der Waals surface area contributed by atoms with Gasteiger partial charge in [0.25, 0.3) is 0 Å². The number of aromatic nitrogens is 2. The lowest BCUT2D eigenvalue weighted by Crippen LogP contribution is -2.33. The molecule has 1 aliphatic carbocycles. The van der Waals surface area contributed by atoms with Crippen LogP contribution in [0.15, 0.2) is 53.1 Å². The van der Waals surface area contributed by atoms with E-state index in [0.29, 0.717) is 24.7 Å². The van der Waals surface area contributed by atoms with Crippen LogP contribution in [0.1, 0.15) is 36.0 Å². The van der Waals surface area contributed by atoms with Crippen LogP contribution >= 0.6 is 0 Å². The predicted molar refractivity (Wildman–Crippen MR) is 108 cm³/mol. The third-order valence-corrected chi connectivity index (χ3v) is 5.00. The van der Waals surface area contributed by atoms with Gasteiger partial charge in [0.05, 0.1) is 0 Å². The molecule has 4 rings (SSSR count). The highest BCUT2D eigenvalue weighted by Gasteiger charge is 2.29. The molecule has 1 aromatic heterocycles. The van der Waals surface area contributed by atoms with Gasteiger partial charge in [-0.15, -0.1) is 0 Å². The Hall–Kier alpha value is -3.15. The second kappa shape index (κ2) is 7.84. The van der Waals surface area contributed by atoms with Crippen LogP contribution in [-0.2, 0) is 6.42 Å². The molecular formula is C22H24N4O2. The fraction of sp³-hybridized carbons (Fsp3) is 0.318. The van der Waals surface area contributed by atoms with Crippen LogP contribution in [-0.4, -0.2) is 34.7 Å². The molecule has 2 amide bonds. The van der Waals surface area contributed by atoms with Crippen molar-refractivity contribution in [2.45, 2.75) is 32.1 Å². The largest absolute Gasteiger partial charge is 0.339 e. The van der Waals surface area contributed by atoms with Crippen LogP contribution in [0.5, 0.6) is 0 Å². The third kappa shape index (κ3) is 4.22. The van der Waals surface area contributed by atoms with Crippen LogP contribution < -0.4 is 5.32 Å². The number of amides is 2. The van der Waals surface area contributed by atoms with Gasteiger partial charge in [-0.2, -0.15) is 4.98 Å². The molecule has 144 valence electrons. The lowest BCUT2D eigenvalue weighted by Gasteiger charge is -2.17. The molecule has 0 saturated heterocycles. The van der Waals surface area contributed by atoms with Gasteiger partial charge in [-0.1, -0.05) is 41.6 Å². The highest BCUT2D eigenvalue weighted by Crippen LogP contribution is 2.38. The molecule has 2 aromatic carbocycles. The average Bonchev–Trinajstić information content (AvgIpc) is 3.45. The SMILES string of the molecule is Cc1ccccc1-c1cccc(NC(=O)N(C)CCc2noc(C3CC3)n2)c1. The highest BCUT2D eigenvalue weighted by atomic mass is 16.5. The number of aryl methyl sites for hydroxylation is 1. The van der Waals surface area contributed by atoms with E-state index in [1.54, 1.807) is 11.9 Å². The Morgan fingerprint density at radius 1 is 1.21 bits per heavy atom. The van der Waals surface area contributed by atoms with Crippen LogP contribution in [0.2, 0.25) is 0 Å². The molecule has 6 nitrogen and oxygen atoms in total. The number of nitrogens with zero attached hydrogens (tertiary/aromatic N) is 3. The zero-order valence-electron chi connectivity index (χ0n) is 16.2. The summed E-state index contributed by atoms with van der Waals surface area (Å²) in [5.41, 5.74) is 4.22. The van der Waals surface area contributed by atoms with Gasteiger partial charge in [-0.25, -0.2) is 4.79 Å². The molecule has 0 atom stereocenters. The normalized spacial score (nSPS) is 13.4. The fourth-order valence-corrected chi connectivity index (χ4v) is 3.11. The molecule has 6 heteroatoms. The highest BCUT2D eigenvalue weighted by molar-refractivity contribution is 5.90. The summed E-state index contributed by atoms with van der Waals surface area (Å²) in [5, 5.41) is 6.97. The van der Waals surface area contributed by atoms with Gasteiger partial charge in [0.1, 0.15) is 0 Å². The van der Waals surface area contributed by atoms with Gasteiger partial charge in [0.2, 0.25) is 5.89 Å². The van der Waals surface area contributed by atoms with Crippen molar-refractivity contribution >= 4 is 11.7 Å². The Bertz CT molecular complexity index is 978. The van der Waals surface area contributed by atoms with Crippen LogP contribution in [0.25, 0.3) is 11.1 Å². The summed E-state index contributed by atoms with van der Waals surface area (Å²) in [6, 6.07) is 16.0. The van der Waals surface area contributed by atoms with E-state index in [2.05, 4.69) is 40.6 Å².